The highest BCUT2D eigenvalue weighted by Crippen LogP contribution is 2.17. The number of anilines is 1. The van der Waals surface area contributed by atoms with Gasteiger partial charge in [0.2, 0.25) is 0 Å². The first-order valence-corrected chi connectivity index (χ1v) is 7.92. The molecule has 5 nitrogen and oxygen atoms in total. The number of carbonyl (C=O) groups is 2. The van der Waals surface area contributed by atoms with Gasteiger partial charge in [0, 0.05) is 22.6 Å². The van der Waals surface area contributed by atoms with Crippen LogP contribution in [0.3, 0.4) is 0 Å². The molecule has 0 aliphatic heterocycles. The third-order valence-corrected chi connectivity index (χ3v) is 3.57. The summed E-state index contributed by atoms with van der Waals surface area (Å²) in [6, 6.07) is 9.15. The molecule has 23 heavy (non-hydrogen) atoms. The number of benzene rings is 1. The van der Waals surface area contributed by atoms with E-state index in [1.807, 2.05) is 24.3 Å². The van der Waals surface area contributed by atoms with Crippen LogP contribution < -0.4 is 5.32 Å². The van der Waals surface area contributed by atoms with Crippen LogP contribution in [0, 0.1) is 0 Å². The standard InChI is InChI=1S/C17H17BrN2O3/c1-11(2)12-3-5-15(6-4-12)20-16(21)10-23-17(22)13-7-14(18)9-19-8-13/h3-9,11H,10H2,1-2H3,(H,20,21). The second kappa shape index (κ2) is 7.87. The number of amides is 1. The van der Waals surface area contributed by atoms with Crippen LogP contribution in [-0.2, 0) is 9.53 Å². The topological polar surface area (TPSA) is 68.3 Å². The molecular weight excluding hydrogens is 360 g/mol. The third kappa shape index (κ3) is 5.17. The van der Waals surface area contributed by atoms with E-state index in [0.29, 0.717) is 16.1 Å². The molecule has 0 spiro atoms. The maximum Gasteiger partial charge on any atom is 0.340 e. The molecule has 2 aromatic rings. The Labute approximate surface area is 143 Å². The molecule has 0 unspecified atom stereocenters. The number of carbonyl (C=O) groups excluding carboxylic acids is 2. The Morgan fingerprint density at radius 3 is 2.52 bits per heavy atom. The summed E-state index contributed by atoms with van der Waals surface area (Å²) >= 11 is 3.22. The smallest absolute Gasteiger partial charge is 0.340 e. The average molecular weight is 377 g/mol. The van der Waals surface area contributed by atoms with E-state index in [4.69, 9.17) is 4.74 Å². The van der Waals surface area contributed by atoms with Gasteiger partial charge in [0.15, 0.2) is 6.61 Å². The molecule has 1 N–H and O–H groups in total. The number of nitrogens with zero attached hydrogens (tertiary/aromatic N) is 1. The number of rotatable bonds is 5. The fourth-order valence-corrected chi connectivity index (χ4v) is 2.25. The van der Waals surface area contributed by atoms with Crippen molar-refractivity contribution in [1.82, 2.24) is 4.98 Å². The summed E-state index contributed by atoms with van der Waals surface area (Å²) in [4.78, 5) is 27.5. The fourth-order valence-electron chi connectivity index (χ4n) is 1.89. The minimum absolute atomic E-state index is 0.286. The van der Waals surface area contributed by atoms with Gasteiger partial charge in [0.05, 0.1) is 5.56 Å². The van der Waals surface area contributed by atoms with Crippen molar-refractivity contribution in [3.63, 3.8) is 0 Å². The molecule has 1 amide bonds. The Morgan fingerprint density at radius 1 is 1.22 bits per heavy atom. The fraction of sp³-hybridized carbons (Fsp3) is 0.235. The van der Waals surface area contributed by atoms with Crippen LogP contribution in [0.15, 0.2) is 47.2 Å². The molecule has 0 radical (unpaired) electrons. The summed E-state index contributed by atoms with van der Waals surface area (Å²) in [5, 5.41) is 2.69. The van der Waals surface area contributed by atoms with Gasteiger partial charge in [-0.25, -0.2) is 4.79 Å². The third-order valence-electron chi connectivity index (χ3n) is 3.14. The Kier molecular flexibility index (Phi) is 5.87. The summed E-state index contributed by atoms with van der Waals surface area (Å²) in [6.07, 6.45) is 2.94. The van der Waals surface area contributed by atoms with Crippen LogP contribution in [-0.4, -0.2) is 23.5 Å². The molecule has 0 saturated heterocycles. The number of ether oxygens (including phenoxy) is 1. The van der Waals surface area contributed by atoms with Crippen molar-refractivity contribution in [1.29, 1.82) is 0 Å². The van der Waals surface area contributed by atoms with E-state index in [9.17, 15) is 9.59 Å². The molecule has 0 atom stereocenters. The maximum absolute atomic E-state index is 11.8. The Balaban J connectivity index is 1.86. The first-order chi connectivity index (χ1) is 11.0. The minimum Gasteiger partial charge on any atom is -0.452 e. The van der Waals surface area contributed by atoms with Gasteiger partial charge in [-0.05, 0) is 45.6 Å². The molecule has 0 aliphatic carbocycles. The van der Waals surface area contributed by atoms with E-state index < -0.39 is 11.9 Å². The largest absolute Gasteiger partial charge is 0.452 e. The van der Waals surface area contributed by atoms with Gasteiger partial charge >= 0.3 is 5.97 Å². The van der Waals surface area contributed by atoms with Crippen LogP contribution in [0.2, 0.25) is 0 Å². The van der Waals surface area contributed by atoms with E-state index in [1.54, 1.807) is 12.3 Å². The molecule has 0 bridgehead atoms. The van der Waals surface area contributed by atoms with Gasteiger partial charge in [-0.2, -0.15) is 0 Å². The number of halogens is 1. The van der Waals surface area contributed by atoms with Crippen molar-refractivity contribution in [3.8, 4) is 0 Å². The quantitative estimate of drug-likeness (QED) is 0.806. The molecule has 0 fully saturated rings. The zero-order valence-electron chi connectivity index (χ0n) is 12.9. The lowest BCUT2D eigenvalue weighted by molar-refractivity contribution is -0.119. The van der Waals surface area contributed by atoms with Crippen molar-refractivity contribution in [2.24, 2.45) is 0 Å². The highest BCUT2D eigenvalue weighted by Gasteiger charge is 2.11. The lowest BCUT2D eigenvalue weighted by Crippen LogP contribution is -2.21. The van der Waals surface area contributed by atoms with Crippen LogP contribution in [0.25, 0.3) is 0 Å². The second-order valence-corrected chi connectivity index (χ2v) is 6.21. The number of aromatic nitrogens is 1. The lowest BCUT2D eigenvalue weighted by Gasteiger charge is -2.09. The highest BCUT2D eigenvalue weighted by molar-refractivity contribution is 9.10. The minimum atomic E-state index is -0.593. The predicted molar refractivity (Wildman–Crippen MR) is 91.4 cm³/mol. The van der Waals surface area contributed by atoms with Crippen molar-refractivity contribution in [3.05, 3.63) is 58.3 Å². The molecule has 1 aromatic heterocycles. The first kappa shape index (κ1) is 17.1. The van der Waals surface area contributed by atoms with E-state index in [-0.39, 0.29) is 12.2 Å². The van der Waals surface area contributed by atoms with E-state index >= 15 is 0 Å². The molecule has 1 heterocycles. The summed E-state index contributed by atoms with van der Waals surface area (Å²) in [6.45, 7) is 3.85. The SMILES string of the molecule is CC(C)c1ccc(NC(=O)COC(=O)c2cncc(Br)c2)cc1. The average Bonchev–Trinajstić information content (AvgIpc) is 2.53. The maximum atomic E-state index is 11.8. The Hall–Kier alpha value is -2.21. The van der Waals surface area contributed by atoms with Crippen LogP contribution in [0.4, 0.5) is 5.69 Å². The molecule has 1 aromatic carbocycles. The summed E-state index contributed by atoms with van der Waals surface area (Å²) in [5.41, 5.74) is 2.14. The van der Waals surface area contributed by atoms with Gasteiger partial charge in [-0.15, -0.1) is 0 Å². The van der Waals surface area contributed by atoms with E-state index in [1.165, 1.54) is 11.8 Å². The summed E-state index contributed by atoms with van der Waals surface area (Å²) in [7, 11) is 0. The zero-order chi connectivity index (χ0) is 16.8. The van der Waals surface area contributed by atoms with Crippen molar-refractivity contribution in [2.45, 2.75) is 19.8 Å². The second-order valence-electron chi connectivity index (χ2n) is 5.29. The number of esters is 1. The van der Waals surface area contributed by atoms with Crippen LogP contribution in [0.5, 0.6) is 0 Å². The summed E-state index contributed by atoms with van der Waals surface area (Å²) in [5.74, 6) is -0.553. The van der Waals surface area contributed by atoms with E-state index in [0.717, 1.165) is 0 Å². The molecular formula is C17H17BrN2O3. The number of nitrogens with one attached hydrogen (secondary N) is 1. The van der Waals surface area contributed by atoms with Crippen LogP contribution in [0.1, 0.15) is 35.7 Å². The van der Waals surface area contributed by atoms with E-state index in [2.05, 4.69) is 40.1 Å². The van der Waals surface area contributed by atoms with Crippen molar-refractivity contribution >= 4 is 33.5 Å². The van der Waals surface area contributed by atoms with Crippen molar-refractivity contribution in [2.75, 3.05) is 11.9 Å². The van der Waals surface area contributed by atoms with Crippen LogP contribution >= 0.6 is 15.9 Å². The summed E-state index contributed by atoms with van der Waals surface area (Å²) < 4.78 is 5.64. The molecule has 0 saturated carbocycles. The molecule has 120 valence electrons. The Bertz CT molecular complexity index is 699. The van der Waals surface area contributed by atoms with Gasteiger partial charge < -0.3 is 10.1 Å². The van der Waals surface area contributed by atoms with Gasteiger partial charge in [0.1, 0.15) is 0 Å². The predicted octanol–water partition coefficient (Wildman–Crippen LogP) is 3.76. The Morgan fingerprint density at radius 2 is 1.91 bits per heavy atom. The zero-order valence-corrected chi connectivity index (χ0v) is 14.5. The number of pyridine rings is 1. The monoisotopic (exact) mass is 376 g/mol. The van der Waals surface area contributed by atoms with Crippen molar-refractivity contribution < 1.29 is 14.3 Å². The molecule has 6 heteroatoms. The normalized spacial score (nSPS) is 10.4. The van der Waals surface area contributed by atoms with Gasteiger partial charge in [0.25, 0.3) is 5.91 Å². The number of hydrogen-bond acceptors (Lipinski definition) is 4. The first-order valence-electron chi connectivity index (χ1n) is 7.13. The molecule has 2 rings (SSSR count). The lowest BCUT2D eigenvalue weighted by atomic mass is 10.0. The van der Waals surface area contributed by atoms with Gasteiger partial charge in [-0.3, -0.25) is 9.78 Å². The highest BCUT2D eigenvalue weighted by atomic mass is 79.9. The molecule has 0 aliphatic rings. The van der Waals surface area contributed by atoms with Gasteiger partial charge in [-0.1, -0.05) is 26.0 Å². The number of hydrogen-bond donors (Lipinski definition) is 1.